The van der Waals surface area contributed by atoms with Gasteiger partial charge < -0.3 is 39.4 Å². The number of aliphatic hydroxyl groups is 4. The normalized spacial score (nSPS) is 22.4. The summed E-state index contributed by atoms with van der Waals surface area (Å²) in [5.41, 5.74) is 0. The zero-order chi connectivity index (χ0) is 33.7. The highest BCUT2D eigenvalue weighted by molar-refractivity contribution is 5.69. The smallest absolute Gasteiger partial charge is 0.306 e. The predicted octanol–water partition coefficient (Wildman–Crippen LogP) is 6.91. The van der Waals surface area contributed by atoms with Gasteiger partial charge in [-0.3, -0.25) is 4.79 Å². The lowest BCUT2D eigenvalue weighted by molar-refractivity contribution is -0.305. The Labute approximate surface area is 280 Å². The van der Waals surface area contributed by atoms with E-state index in [-0.39, 0.29) is 19.2 Å². The van der Waals surface area contributed by atoms with Crippen LogP contribution in [-0.4, -0.2) is 89.6 Å². The van der Waals surface area contributed by atoms with E-state index in [1.165, 1.54) is 83.5 Å². The maximum atomic E-state index is 12.6. The van der Waals surface area contributed by atoms with Gasteiger partial charge in [0.15, 0.2) is 6.29 Å². The molecule has 0 spiro atoms. The quantitative estimate of drug-likeness (QED) is 0.0356. The van der Waals surface area contributed by atoms with Crippen LogP contribution in [-0.2, 0) is 23.7 Å². The third-order valence-corrected chi connectivity index (χ3v) is 8.66. The lowest BCUT2D eigenvalue weighted by atomic mass is 9.99. The van der Waals surface area contributed by atoms with E-state index in [2.05, 4.69) is 26.0 Å². The van der Waals surface area contributed by atoms with Gasteiger partial charge in [0.05, 0.1) is 19.8 Å². The van der Waals surface area contributed by atoms with Crippen molar-refractivity contribution in [1.29, 1.82) is 0 Å². The molecule has 0 bridgehead atoms. The predicted molar refractivity (Wildman–Crippen MR) is 182 cm³/mol. The number of ether oxygens (including phenoxy) is 4. The average Bonchev–Trinajstić information content (AvgIpc) is 3.05. The molecule has 0 amide bonds. The van der Waals surface area contributed by atoms with Crippen molar-refractivity contribution in [1.82, 2.24) is 0 Å². The van der Waals surface area contributed by atoms with Crippen molar-refractivity contribution in [2.45, 2.75) is 192 Å². The lowest BCUT2D eigenvalue weighted by Crippen LogP contribution is -2.59. The first-order valence-electron chi connectivity index (χ1n) is 18.8. The number of carbonyl (C=O) groups excluding carboxylic acids is 1. The van der Waals surface area contributed by atoms with Crippen LogP contribution in [0.4, 0.5) is 0 Å². The maximum Gasteiger partial charge on any atom is 0.306 e. The number of aliphatic hydroxyl groups excluding tert-OH is 4. The Morgan fingerprint density at radius 3 is 1.85 bits per heavy atom. The number of allylic oxidation sites excluding steroid dienone is 2. The van der Waals surface area contributed by atoms with Crippen molar-refractivity contribution in [3.05, 3.63) is 12.2 Å². The summed E-state index contributed by atoms with van der Waals surface area (Å²) in [6.45, 7) is 4.48. The summed E-state index contributed by atoms with van der Waals surface area (Å²) in [5.74, 6) is -0.325. The van der Waals surface area contributed by atoms with E-state index in [1.807, 2.05) is 0 Å². The number of hydrogen-bond donors (Lipinski definition) is 4. The highest BCUT2D eigenvalue weighted by Gasteiger charge is 2.44. The molecule has 0 saturated carbocycles. The second kappa shape index (κ2) is 30.0. The fourth-order valence-electron chi connectivity index (χ4n) is 5.67. The molecule has 1 aliphatic heterocycles. The standard InChI is InChI=1S/C37H70O9/c1-3-5-7-9-11-13-15-16-17-19-21-23-25-27-43-29-31(30-44-37-36(42)35(41)34(40)32(28-38)46-37)45-33(39)26-24-22-20-18-14-12-10-8-6-4-2/h8,10,31-32,34-38,40-42H,3-7,9,11-30H2,1-2H3/b10-8-. The summed E-state index contributed by atoms with van der Waals surface area (Å²) in [5, 5.41) is 39.9. The molecule has 6 atom stereocenters. The summed E-state index contributed by atoms with van der Waals surface area (Å²) in [7, 11) is 0. The molecule has 0 aromatic heterocycles. The van der Waals surface area contributed by atoms with E-state index < -0.39 is 43.4 Å². The minimum absolute atomic E-state index is 0.113. The third kappa shape index (κ3) is 21.7. The molecule has 272 valence electrons. The van der Waals surface area contributed by atoms with Crippen LogP contribution in [0.15, 0.2) is 12.2 Å². The van der Waals surface area contributed by atoms with E-state index in [0.717, 1.165) is 51.4 Å². The van der Waals surface area contributed by atoms with Crippen molar-refractivity contribution in [2.24, 2.45) is 0 Å². The van der Waals surface area contributed by atoms with Crippen LogP contribution < -0.4 is 0 Å². The Hall–Kier alpha value is -1.07. The fraction of sp³-hybridized carbons (Fsp3) is 0.919. The first-order valence-corrected chi connectivity index (χ1v) is 18.8. The molecule has 9 nitrogen and oxygen atoms in total. The second-order valence-electron chi connectivity index (χ2n) is 13.0. The van der Waals surface area contributed by atoms with Crippen LogP contribution in [0.25, 0.3) is 0 Å². The summed E-state index contributed by atoms with van der Waals surface area (Å²) < 4.78 is 22.6. The molecule has 0 radical (unpaired) electrons. The largest absolute Gasteiger partial charge is 0.457 e. The van der Waals surface area contributed by atoms with Crippen LogP contribution in [0.2, 0.25) is 0 Å². The van der Waals surface area contributed by atoms with E-state index in [4.69, 9.17) is 18.9 Å². The fourth-order valence-corrected chi connectivity index (χ4v) is 5.67. The minimum Gasteiger partial charge on any atom is -0.457 e. The van der Waals surface area contributed by atoms with Gasteiger partial charge in [0.2, 0.25) is 0 Å². The summed E-state index contributed by atoms with van der Waals surface area (Å²) in [6, 6.07) is 0. The first-order chi connectivity index (χ1) is 22.4. The molecule has 1 saturated heterocycles. The van der Waals surface area contributed by atoms with Gasteiger partial charge >= 0.3 is 5.97 Å². The first kappa shape index (κ1) is 43.0. The molecular formula is C37H70O9. The number of carbonyl (C=O) groups is 1. The van der Waals surface area contributed by atoms with Crippen molar-refractivity contribution in [3.63, 3.8) is 0 Å². The highest BCUT2D eigenvalue weighted by Crippen LogP contribution is 2.22. The highest BCUT2D eigenvalue weighted by atomic mass is 16.7. The summed E-state index contributed by atoms with van der Waals surface area (Å²) >= 11 is 0. The van der Waals surface area contributed by atoms with E-state index >= 15 is 0 Å². The SMILES string of the molecule is CCC/C=C\CCCCCCCC(=O)OC(COCCCCCCCCCCCCCCC)COC1OC(CO)C(O)C(O)C1O. The number of unbranched alkanes of at least 4 members (excludes halogenated alkanes) is 18. The molecule has 4 N–H and O–H groups in total. The maximum absolute atomic E-state index is 12.6. The molecule has 1 fully saturated rings. The molecule has 1 aliphatic rings. The van der Waals surface area contributed by atoms with Crippen molar-refractivity contribution >= 4 is 5.97 Å². The Balaban J connectivity index is 2.33. The van der Waals surface area contributed by atoms with Crippen LogP contribution in [0, 0.1) is 0 Å². The molecule has 0 aromatic rings. The molecule has 0 aromatic carbocycles. The zero-order valence-electron chi connectivity index (χ0n) is 29.3. The minimum atomic E-state index is -1.53. The van der Waals surface area contributed by atoms with Gasteiger partial charge in [0.25, 0.3) is 0 Å². The number of esters is 1. The van der Waals surface area contributed by atoms with Crippen LogP contribution in [0.1, 0.15) is 155 Å². The Bertz CT molecular complexity index is 717. The number of hydrogen-bond acceptors (Lipinski definition) is 9. The average molecular weight is 659 g/mol. The molecule has 1 heterocycles. The summed E-state index contributed by atoms with van der Waals surface area (Å²) in [4.78, 5) is 12.6. The molecule has 6 unspecified atom stereocenters. The molecule has 46 heavy (non-hydrogen) atoms. The molecule has 0 aliphatic carbocycles. The number of rotatable bonds is 31. The van der Waals surface area contributed by atoms with E-state index in [1.54, 1.807) is 0 Å². The molecular weight excluding hydrogens is 588 g/mol. The molecule has 1 rings (SSSR count). The van der Waals surface area contributed by atoms with Gasteiger partial charge in [0, 0.05) is 13.0 Å². The lowest BCUT2D eigenvalue weighted by Gasteiger charge is -2.39. The Kier molecular flexibility index (Phi) is 28.0. The monoisotopic (exact) mass is 659 g/mol. The van der Waals surface area contributed by atoms with Crippen molar-refractivity contribution < 1.29 is 44.2 Å². The topological polar surface area (TPSA) is 135 Å². The molecule has 9 heteroatoms. The van der Waals surface area contributed by atoms with Crippen LogP contribution >= 0.6 is 0 Å². The van der Waals surface area contributed by atoms with Gasteiger partial charge in [-0.2, -0.15) is 0 Å². The van der Waals surface area contributed by atoms with Crippen LogP contribution in [0.3, 0.4) is 0 Å². The van der Waals surface area contributed by atoms with Crippen LogP contribution in [0.5, 0.6) is 0 Å². The summed E-state index contributed by atoms with van der Waals surface area (Å²) in [6.07, 6.45) is 22.4. The van der Waals surface area contributed by atoms with Crippen molar-refractivity contribution in [2.75, 3.05) is 26.4 Å². The van der Waals surface area contributed by atoms with E-state index in [9.17, 15) is 25.2 Å². The van der Waals surface area contributed by atoms with E-state index in [0.29, 0.717) is 13.0 Å². The Morgan fingerprint density at radius 2 is 1.24 bits per heavy atom. The van der Waals surface area contributed by atoms with Crippen molar-refractivity contribution in [3.8, 4) is 0 Å². The van der Waals surface area contributed by atoms with Gasteiger partial charge in [-0.05, 0) is 32.1 Å². The zero-order valence-corrected chi connectivity index (χ0v) is 29.3. The van der Waals surface area contributed by atoms with Gasteiger partial charge in [-0.25, -0.2) is 0 Å². The van der Waals surface area contributed by atoms with Gasteiger partial charge in [0.1, 0.15) is 30.5 Å². The Morgan fingerprint density at radius 1 is 0.674 bits per heavy atom. The third-order valence-electron chi connectivity index (χ3n) is 8.66. The van der Waals surface area contributed by atoms with Gasteiger partial charge in [-0.1, -0.05) is 129 Å². The van der Waals surface area contributed by atoms with Gasteiger partial charge in [-0.15, -0.1) is 0 Å². The second-order valence-corrected chi connectivity index (χ2v) is 13.0.